The standard InChI is InChI=1S/C14H29NO/c1-2-3-4-5-6-11-15(12-8-13-16)14-9-7-10-14/h14,16H,2-13H2,1H3. The Bertz CT molecular complexity index is 157. The van der Waals surface area contributed by atoms with Crippen LogP contribution in [0.4, 0.5) is 0 Å². The van der Waals surface area contributed by atoms with Gasteiger partial charge in [0.05, 0.1) is 0 Å². The van der Waals surface area contributed by atoms with E-state index in [2.05, 4.69) is 11.8 Å². The first-order chi connectivity index (χ1) is 7.88. The Morgan fingerprint density at radius 1 is 1.00 bits per heavy atom. The third-order valence-electron chi connectivity index (χ3n) is 3.74. The molecule has 0 bridgehead atoms. The SMILES string of the molecule is CCCCCCCN(CCCO)C1CCC1. The van der Waals surface area contributed by atoms with E-state index in [1.165, 1.54) is 57.9 Å². The molecule has 0 aromatic carbocycles. The van der Waals surface area contributed by atoms with E-state index in [9.17, 15) is 0 Å². The highest BCUT2D eigenvalue weighted by Gasteiger charge is 2.23. The second-order valence-corrected chi connectivity index (χ2v) is 5.11. The van der Waals surface area contributed by atoms with Gasteiger partial charge in [-0.3, -0.25) is 0 Å². The molecule has 0 spiro atoms. The topological polar surface area (TPSA) is 23.5 Å². The van der Waals surface area contributed by atoms with Crippen LogP contribution in [0.25, 0.3) is 0 Å². The Kier molecular flexibility index (Phi) is 7.87. The van der Waals surface area contributed by atoms with Gasteiger partial charge in [0.1, 0.15) is 0 Å². The average molecular weight is 227 g/mol. The summed E-state index contributed by atoms with van der Waals surface area (Å²) < 4.78 is 0. The summed E-state index contributed by atoms with van der Waals surface area (Å²) in [6.07, 6.45) is 12.0. The number of unbranched alkanes of at least 4 members (excludes halogenated alkanes) is 4. The van der Waals surface area contributed by atoms with Crippen LogP contribution in [0, 0.1) is 0 Å². The maximum absolute atomic E-state index is 8.90. The molecule has 0 atom stereocenters. The van der Waals surface area contributed by atoms with E-state index < -0.39 is 0 Å². The molecule has 1 N–H and O–H groups in total. The molecule has 1 aliphatic rings. The Morgan fingerprint density at radius 2 is 1.69 bits per heavy atom. The van der Waals surface area contributed by atoms with Crippen molar-refractivity contribution in [1.82, 2.24) is 4.90 Å². The molecule has 0 aliphatic heterocycles. The summed E-state index contributed by atoms with van der Waals surface area (Å²) in [6.45, 7) is 4.98. The molecular weight excluding hydrogens is 198 g/mol. The van der Waals surface area contributed by atoms with Crippen molar-refractivity contribution in [3.8, 4) is 0 Å². The van der Waals surface area contributed by atoms with Gasteiger partial charge in [-0.1, -0.05) is 39.0 Å². The predicted molar refractivity (Wildman–Crippen MR) is 69.7 cm³/mol. The second kappa shape index (κ2) is 9.00. The van der Waals surface area contributed by atoms with Crippen molar-refractivity contribution in [2.24, 2.45) is 0 Å². The smallest absolute Gasteiger partial charge is 0.0443 e. The van der Waals surface area contributed by atoms with Gasteiger partial charge in [0.25, 0.3) is 0 Å². The summed E-state index contributed by atoms with van der Waals surface area (Å²) in [6, 6.07) is 0.845. The normalized spacial score (nSPS) is 16.7. The first-order valence-electron chi connectivity index (χ1n) is 7.23. The molecule has 0 aromatic rings. The van der Waals surface area contributed by atoms with E-state index in [0.717, 1.165) is 19.0 Å². The summed E-state index contributed by atoms with van der Waals surface area (Å²) in [5.41, 5.74) is 0. The lowest BCUT2D eigenvalue weighted by atomic mass is 9.91. The monoisotopic (exact) mass is 227 g/mol. The molecule has 2 heteroatoms. The molecule has 0 amide bonds. The number of nitrogens with zero attached hydrogens (tertiary/aromatic N) is 1. The average Bonchev–Trinajstić information content (AvgIpc) is 2.22. The van der Waals surface area contributed by atoms with Crippen molar-refractivity contribution in [3.63, 3.8) is 0 Å². The highest BCUT2D eigenvalue weighted by atomic mass is 16.3. The van der Waals surface area contributed by atoms with E-state index in [4.69, 9.17) is 5.11 Å². The van der Waals surface area contributed by atoms with Gasteiger partial charge in [0.2, 0.25) is 0 Å². The van der Waals surface area contributed by atoms with E-state index in [1.807, 2.05) is 0 Å². The lowest BCUT2D eigenvalue weighted by molar-refractivity contribution is 0.114. The van der Waals surface area contributed by atoms with Gasteiger partial charge in [-0.15, -0.1) is 0 Å². The highest BCUT2D eigenvalue weighted by Crippen LogP contribution is 2.25. The quantitative estimate of drug-likeness (QED) is 0.579. The number of hydrogen-bond donors (Lipinski definition) is 1. The van der Waals surface area contributed by atoms with E-state index >= 15 is 0 Å². The fraction of sp³-hybridized carbons (Fsp3) is 1.00. The summed E-state index contributed by atoms with van der Waals surface area (Å²) in [5, 5.41) is 8.90. The van der Waals surface area contributed by atoms with Crippen LogP contribution in [0.5, 0.6) is 0 Å². The zero-order valence-electron chi connectivity index (χ0n) is 11.0. The minimum atomic E-state index is 0.346. The molecule has 0 aromatic heterocycles. The first kappa shape index (κ1) is 14.0. The van der Waals surface area contributed by atoms with Gasteiger partial charge in [0, 0.05) is 19.2 Å². The largest absolute Gasteiger partial charge is 0.396 e. The Morgan fingerprint density at radius 3 is 2.25 bits per heavy atom. The minimum absolute atomic E-state index is 0.346. The molecule has 1 aliphatic carbocycles. The minimum Gasteiger partial charge on any atom is -0.396 e. The van der Waals surface area contributed by atoms with E-state index in [-0.39, 0.29) is 0 Å². The van der Waals surface area contributed by atoms with Gasteiger partial charge in [0.15, 0.2) is 0 Å². The molecule has 1 saturated carbocycles. The lowest BCUT2D eigenvalue weighted by Crippen LogP contribution is -2.41. The van der Waals surface area contributed by atoms with Gasteiger partial charge in [-0.05, 0) is 32.2 Å². The van der Waals surface area contributed by atoms with Crippen molar-refractivity contribution < 1.29 is 5.11 Å². The second-order valence-electron chi connectivity index (χ2n) is 5.11. The van der Waals surface area contributed by atoms with E-state index in [1.54, 1.807) is 0 Å². The van der Waals surface area contributed by atoms with Crippen LogP contribution in [-0.2, 0) is 0 Å². The molecule has 0 heterocycles. The molecule has 0 saturated heterocycles. The lowest BCUT2D eigenvalue weighted by Gasteiger charge is -2.37. The van der Waals surface area contributed by atoms with Crippen molar-refractivity contribution in [1.29, 1.82) is 0 Å². The van der Waals surface area contributed by atoms with Crippen LogP contribution in [0.1, 0.15) is 64.7 Å². The summed E-state index contributed by atoms with van der Waals surface area (Å²) >= 11 is 0. The molecule has 16 heavy (non-hydrogen) atoms. The van der Waals surface area contributed by atoms with Crippen LogP contribution in [0.3, 0.4) is 0 Å². The fourth-order valence-electron chi connectivity index (χ4n) is 2.42. The molecule has 0 radical (unpaired) electrons. The maximum atomic E-state index is 8.90. The number of rotatable bonds is 10. The first-order valence-corrected chi connectivity index (χ1v) is 7.23. The van der Waals surface area contributed by atoms with Crippen molar-refractivity contribution in [2.45, 2.75) is 70.8 Å². The van der Waals surface area contributed by atoms with Crippen molar-refractivity contribution in [3.05, 3.63) is 0 Å². The van der Waals surface area contributed by atoms with Crippen LogP contribution in [0.2, 0.25) is 0 Å². The van der Waals surface area contributed by atoms with Crippen molar-refractivity contribution >= 4 is 0 Å². The predicted octanol–water partition coefficient (Wildman–Crippen LogP) is 3.19. The third-order valence-corrected chi connectivity index (χ3v) is 3.74. The van der Waals surface area contributed by atoms with Gasteiger partial charge >= 0.3 is 0 Å². The molecule has 0 unspecified atom stereocenters. The van der Waals surface area contributed by atoms with Crippen LogP contribution in [-0.4, -0.2) is 35.7 Å². The van der Waals surface area contributed by atoms with Crippen molar-refractivity contribution in [2.75, 3.05) is 19.7 Å². The Labute approximate surface area is 101 Å². The third kappa shape index (κ3) is 5.31. The van der Waals surface area contributed by atoms with Crippen LogP contribution >= 0.6 is 0 Å². The van der Waals surface area contributed by atoms with Crippen LogP contribution < -0.4 is 0 Å². The Balaban J connectivity index is 2.06. The fourth-order valence-corrected chi connectivity index (χ4v) is 2.42. The zero-order chi connectivity index (χ0) is 11.6. The number of aliphatic hydroxyl groups excluding tert-OH is 1. The molecule has 1 rings (SSSR count). The highest BCUT2D eigenvalue weighted by molar-refractivity contribution is 4.79. The summed E-state index contributed by atoms with van der Waals surface area (Å²) in [5.74, 6) is 0. The summed E-state index contributed by atoms with van der Waals surface area (Å²) in [7, 11) is 0. The zero-order valence-corrected chi connectivity index (χ0v) is 11.0. The van der Waals surface area contributed by atoms with E-state index in [0.29, 0.717) is 6.61 Å². The number of aliphatic hydroxyl groups is 1. The maximum Gasteiger partial charge on any atom is 0.0443 e. The van der Waals surface area contributed by atoms with Gasteiger partial charge < -0.3 is 10.0 Å². The van der Waals surface area contributed by atoms with Gasteiger partial charge in [-0.25, -0.2) is 0 Å². The Hall–Kier alpha value is -0.0800. The summed E-state index contributed by atoms with van der Waals surface area (Å²) in [4.78, 5) is 2.62. The number of hydrogen-bond acceptors (Lipinski definition) is 2. The molecule has 1 fully saturated rings. The van der Waals surface area contributed by atoms with Gasteiger partial charge in [-0.2, -0.15) is 0 Å². The molecule has 2 nitrogen and oxygen atoms in total. The molecule has 96 valence electrons. The molecular formula is C14H29NO. The van der Waals surface area contributed by atoms with Crippen LogP contribution in [0.15, 0.2) is 0 Å².